The van der Waals surface area contributed by atoms with E-state index in [-0.39, 0.29) is 0 Å². The van der Waals surface area contributed by atoms with Crippen LogP contribution in [-0.4, -0.2) is 4.57 Å². The molecule has 324 valence electrons. The maximum absolute atomic E-state index is 2.57. The van der Waals surface area contributed by atoms with E-state index >= 15 is 0 Å². The number of aromatic nitrogens is 1. The number of hydrogen-bond donors (Lipinski definition) is 0. The number of benzene rings is 10. The van der Waals surface area contributed by atoms with Crippen LogP contribution in [0, 0.1) is 0 Å². The first-order valence-corrected chi connectivity index (χ1v) is 24.8. The molecule has 0 spiro atoms. The molecule has 3 heteroatoms. The van der Waals surface area contributed by atoms with E-state index in [0.29, 0.717) is 0 Å². The Morgan fingerprint density at radius 3 is 1.84 bits per heavy atom. The van der Waals surface area contributed by atoms with Gasteiger partial charge in [-0.1, -0.05) is 200 Å². The summed E-state index contributed by atoms with van der Waals surface area (Å²) in [5, 5.41) is 5.05. The highest BCUT2D eigenvalue weighted by Crippen LogP contribution is 2.58. The minimum Gasteiger partial charge on any atom is -0.308 e. The highest BCUT2D eigenvalue weighted by molar-refractivity contribution is 7.26. The average molecular weight is 897 g/mol. The lowest BCUT2D eigenvalue weighted by molar-refractivity contribution is 1.05. The molecule has 0 amide bonds. The maximum Gasteiger partial charge on any atom is 0.0640 e. The monoisotopic (exact) mass is 896 g/mol. The van der Waals surface area contributed by atoms with E-state index in [9.17, 15) is 0 Å². The average Bonchev–Trinajstić information content (AvgIpc) is 3.94. The third-order valence-corrected chi connectivity index (χ3v) is 15.7. The largest absolute Gasteiger partial charge is 0.308 e. The molecule has 3 heterocycles. The Morgan fingerprint density at radius 1 is 0.406 bits per heavy atom. The Bertz CT molecular complexity index is 4040. The Labute approximate surface area is 405 Å². The zero-order chi connectivity index (χ0) is 45.4. The van der Waals surface area contributed by atoms with Gasteiger partial charge in [0.25, 0.3) is 0 Å². The first-order chi connectivity index (χ1) is 34.3. The van der Waals surface area contributed by atoms with Crippen molar-refractivity contribution in [1.82, 2.24) is 4.57 Å². The number of nitrogens with zero attached hydrogens (tertiary/aromatic N) is 2. The molecule has 2 nitrogen and oxygen atoms in total. The predicted octanol–water partition coefficient (Wildman–Crippen LogP) is 19.0. The van der Waals surface area contributed by atoms with Gasteiger partial charge in [0.15, 0.2) is 0 Å². The number of fused-ring (bicyclic) bond motifs is 11. The summed E-state index contributed by atoms with van der Waals surface area (Å²) in [6.45, 7) is 0. The molecule has 10 aromatic carbocycles. The van der Waals surface area contributed by atoms with Crippen molar-refractivity contribution in [3.8, 4) is 61.3 Å². The standard InChI is InChI=1S/C66H44N2S/c1-4-17-43(18-5-1)45-31-35-47(36-32-45)50-41-42-59(67(49-21-8-3-9-22-49)60-29-16-26-55-53-24-12-15-30-61(53)69-66(55)60)62-56-25-11-14-28-58(56)68-57-27-13-10-23-52(57)54-40-39-51(64(63(50)62)65(54)68)48-37-33-46(34-38-48)44-19-6-2-7-20-44/h1-4,6-17,19-42H,5,18H2. The van der Waals surface area contributed by atoms with Crippen molar-refractivity contribution in [2.75, 3.05) is 4.90 Å². The molecule has 0 saturated heterocycles. The molecule has 14 rings (SSSR count). The van der Waals surface area contributed by atoms with Gasteiger partial charge in [-0.2, -0.15) is 0 Å². The molecule has 0 bridgehead atoms. The van der Waals surface area contributed by atoms with Gasteiger partial charge in [0.1, 0.15) is 0 Å². The third kappa shape index (κ3) is 6.31. The SMILES string of the molecule is C1=CCCC(c2ccc(-c3ccc(N(c4ccccc4)c4cccc5c4sc4ccccc45)c4c3-c3c(-c5ccc(-c6ccccc6)cc5)ccc5c6ccccc6n(c35)-c3ccccc3-4)cc2)=C1. The summed E-state index contributed by atoms with van der Waals surface area (Å²) in [6.07, 6.45) is 8.87. The van der Waals surface area contributed by atoms with Crippen molar-refractivity contribution in [2.45, 2.75) is 12.8 Å². The van der Waals surface area contributed by atoms with E-state index in [2.05, 4.69) is 252 Å². The number of rotatable bonds is 7. The minimum atomic E-state index is 1.05. The van der Waals surface area contributed by atoms with Crippen molar-refractivity contribution in [3.05, 3.63) is 248 Å². The Morgan fingerprint density at radius 2 is 1.04 bits per heavy atom. The summed E-state index contributed by atoms with van der Waals surface area (Å²) >= 11 is 1.88. The number of hydrogen-bond acceptors (Lipinski definition) is 2. The lowest BCUT2D eigenvalue weighted by Gasteiger charge is -2.31. The first-order valence-electron chi connectivity index (χ1n) is 24.0. The van der Waals surface area contributed by atoms with Crippen LogP contribution in [0.4, 0.5) is 17.1 Å². The molecule has 0 radical (unpaired) electrons. The molecule has 1 aliphatic carbocycles. The fourth-order valence-electron chi connectivity index (χ4n) is 11.3. The molecule has 1 aliphatic heterocycles. The van der Waals surface area contributed by atoms with Crippen LogP contribution in [0.5, 0.6) is 0 Å². The van der Waals surface area contributed by atoms with Crippen LogP contribution >= 0.6 is 11.3 Å². The van der Waals surface area contributed by atoms with E-state index in [0.717, 1.165) is 29.9 Å². The zero-order valence-corrected chi connectivity index (χ0v) is 38.6. The molecule has 0 saturated carbocycles. The van der Waals surface area contributed by atoms with Gasteiger partial charge in [-0.05, 0) is 99.8 Å². The van der Waals surface area contributed by atoms with Crippen LogP contribution in [0.2, 0.25) is 0 Å². The molecular weight excluding hydrogens is 853 g/mol. The minimum absolute atomic E-state index is 1.05. The van der Waals surface area contributed by atoms with Gasteiger partial charge in [0.2, 0.25) is 0 Å². The number of allylic oxidation sites excluding steroid dienone is 4. The highest BCUT2D eigenvalue weighted by Gasteiger charge is 2.33. The number of para-hydroxylation sites is 3. The van der Waals surface area contributed by atoms with Crippen molar-refractivity contribution < 1.29 is 0 Å². The predicted molar refractivity (Wildman–Crippen MR) is 295 cm³/mol. The van der Waals surface area contributed by atoms with Crippen LogP contribution < -0.4 is 4.90 Å². The van der Waals surface area contributed by atoms with Crippen LogP contribution in [0.3, 0.4) is 0 Å². The molecule has 0 N–H and O–H groups in total. The molecule has 2 aromatic heterocycles. The van der Waals surface area contributed by atoms with E-state index < -0.39 is 0 Å². The van der Waals surface area contributed by atoms with Gasteiger partial charge in [0, 0.05) is 54.2 Å². The lowest BCUT2D eigenvalue weighted by atomic mass is 9.82. The van der Waals surface area contributed by atoms with Crippen molar-refractivity contribution in [3.63, 3.8) is 0 Å². The Hall–Kier alpha value is -8.50. The van der Waals surface area contributed by atoms with Gasteiger partial charge in [-0.25, -0.2) is 0 Å². The number of thiophene rings is 1. The second-order valence-electron chi connectivity index (χ2n) is 18.2. The van der Waals surface area contributed by atoms with Crippen LogP contribution in [-0.2, 0) is 0 Å². The van der Waals surface area contributed by atoms with Gasteiger partial charge in [-0.3, -0.25) is 0 Å². The van der Waals surface area contributed by atoms with Crippen molar-refractivity contribution in [2.24, 2.45) is 0 Å². The van der Waals surface area contributed by atoms with Crippen molar-refractivity contribution in [1.29, 1.82) is 0 Å². The summed E-state index contributed by atoms with van der Waals surface area (Å²) in [5.74, 6) is 0. The van der Waals surface area contributed by atoms with E-state index in [4.69, 9.17) is 0 Å². The smallest absolute Gasteiger partial charge is 0.0640 e. The Balaban J connectivity index is 1.14. The van der Waals surface area contributed by atoms with Gasteiger partial charge >= 0.3 is 0 Å². The lowest BCUT2D eigenvalue weighted by Crippen LogP contribution is -2.12. The molecule has 0 atom stereocenters. The van der Waals surface area contributed by atoms with Crippen molar-refractivity contribution >= 4 is 76.0 Å². The fraction of sp³-hybridized carbons (Fsp3) is 0.0303. The van der Waals surface area contributed by atoms with Gasteiger partial charge in [-0.15, -0.1) is 11.3 Å². The van der Waals surface area contributed by atoms with E-state index in [1.165, 1.54) is 114 Å². The van der Waals surface area contributed by atoms with E-state index in [1.807, 2.05) is 11.3 Å². The van der Waals surface area contributed by atoms with Gasteiger partial charge in [0.05, 0.1) is 32.8 Å². The van der Waals surface area contributed by atoms with Crippen LogP contribution in [0.15, 0.2) is 243 Å². The number of anilines is 3. The molecular formula is C66H44N2S. The summed E-state index contributed by atoms with van der Waals surface area (Å²) < 4.78 is 5.12. The summed E-state index contributed by atoms with van der Waals surface area (Å²) in [4.78, 5) is 2.54. The summed E-state index contributed by atoms with van der Waals surface area (Å²) in [7, 11) is 0. The van der Waals surface area contributed by atoms with Gasteiger partial charge < -0.3 is 9.47 Å². The zero-order valence-electron chi connectivity index (χ0n) is 37.8. The topological polar surface area (TPSA) is 8.17 Å². The third-order valence-electron chi connectivity index (χ3n) is 14.4. The molecule has 69 heavy (non-hydrogen) atoms. The first kappa shape index (κ1) is 39.6. The summed E-state index contributed by atoms with van der Waals surface area (Å²) in [6, 6.07) is 83.7. The second-order valence-corrected chi connectivity index (χ2v) is 19.3. The molecule has 0 fully saturated rings. The maximum atomic E-state index is 2.57. The molecule has 0 unspecified atom stereocenters. The van der Waals surface area contributed by atoms with Crippen LogP contribution in [0.25, 0.3) is 109 Å². The van der Waals surface area contributed by atoms with Crippen LogP contribution in [0.1, 0.15) is 18.4 Å². The molecule has 2 aliphatic rings. The Kier molecular flexibility index (Phi) is 9.24. The summed E-state index contributed by atoms with van der Waals surface area (Å²) in [5.41, 5.74) is 21.7. The van der Waals surface area contributed by atoms with E-state index in [1.54, 1.807) is 0 Å². The highest BCUT2D eigenvalue weighted by atomic mass is 32.1. The normalized spacial score (nSPS) is 12.8. The fourth-order valence-corrected chi connectivity index (χ4v) is 12.5. The quantitative estimate of drug-likeness (QED) is 0.155. The molecule has 12 aromatic rings. The second kappa shape index (κ2) is 16.1.